The number of anilines is 1. The Bertz CT molecular complexity index is 588. The van der Waals surface area contributed by atoms with Gasteiger partial charge in [0.1, 0.15) is 11.6 Å². The minimum atomic E-state index is 0.134. The molecule has 2 aromatic rings. The highest BCUT2D eigenvalue weighted by atomic mass is 16.5. The minimum absolute atomic E-state index is 0.134. The van der Waals surface area contributed by atoms with Crippen molar-refractivity contribution in [1.29, 1.82) is 0 Å². The molecule has 2 heterocycles. The first-order valence-electron chi connectivity index (χ1n) is 6.42. The van der Waals surface area contributed by atoms with Crippen LogP contribution in [0.4, 0.5) is 5.82 Å². The first-order valence-corrected chi connectivity index (χ1v) is 6.42. The first-order chi connectivity index (χ1) is 9.29. The van der Waals surface area contributed by atoms with Crippen LogP contribution < -0.4 is 10.6 Å². The number of pyridine rings is 1. The maximum atomic E-state index is 9.68. The molecule has 1 atom stereocenters. The second-order valence-electron chi connectivity index (χ2n) is 4.70. The van der Waals surface area contributed by atoms with Crippen molar-refractivity contribution in [3.8, 4) is 5.75 Å². The van der Waals surface area contributed by atoms with Crippen LogP contribution >= 0.6 is 0 Å². The van der Waals surface area contributed by atoms with Crippen LogP contribution in [0.3, 0.4) is 0 Å². The molecule has 1 unspecified atom stereocenters. The Balaban J connectivity index is 2.10. The standard InChI is InChI=1S/C14H17N3O2/c15-8-11-9-19-6-5-17(11)14-13-7-12(18)2-1-10(13)3-4-16-14/h1-4,7,11,18H,5-6,8-9,15H2. The maximum Gasteiger partial charge on any atom is 0.136 e. The highest BCUT2D eigenvalue weighted by Crippen LogP contribution is 2.29. The summed E-state index contributed by atoms with van der Waals surface area (Å²) in [5.41, 5.74) is 5.81. The van der Waals surface area contributed by atoms with Crippen LogP contribution in [0.15, 0.2) is 30.5 Å². The zero-order valence-corrected chi connectivity index (χ0v) is 10.6. The quantitative estimate of drug-likeness (QED) is 0.845. The van der Waals surface area contributed by atoms with Crippen molar-refractivity contribution in [3.63, 3.8) is 0 Å². The summed E-state index contributed by atoms with van der Waals surface area (Å²) in [5, 5.41) is 11.7. The molecule has 1 aromatic heterocycles. The molecule has 5 heteroatoms. The van der Waals surface area contributed by atoms with E-state index in [4.69, 9.17) is 10.5 Å². The van der Waals surface area contributed by atoms with E-state index in [0.29, 0.717) is 19.8 Å². The second-order valence-corrected chi connectivity index (χ2v) is 4.70. The summed E-state index contributed by atoms with van der Waals surface area (Å²) in [6, 6.07) is 7.41. The number of ether oxygens (including phenoxy) is 1. The molecule has 0 amide bonds. The zero-order valence-electron chi connectivity index (χ0n) is 10.6. The van der Waals surface area contributed by atoms with Crippen molar-refractivity contribution in [1.82, 2.24) is 4.98 Å². The molecule has 1 aliphatic rings. The summed E-state index contributed by atoms with van der Waals surface area (Å²) >= 11 is 0. The largest absolute Gasteiger partial charge is 0.508 e. The third-order valence-electron chi connectivity index (χ3n) is 3.50. The molecular formula is C14H17N3O2. The van der Waals surface area contributed by atoms with Gasteiger partial charge in [-0.25, -0.2) is 4.98 Å². The Hall–Kier alpha value is -1.85. The summed E-state index contributed by atoms with van der Waals surface area (Å²) < 4.78 is 5.46. The molecule has 1 fully saturated rings. The third kappa shape index (κ3) is 2.22. The predicted octanol–water partition coefficient (Wildman–Crippen LogP) is 1.10. The monoisotopic (exact) mass is 259 g/mol. The molecule has 1 aliphatic heterocycles. The van der Waals surface area contributed by atoms with Crippen molar-refractivity contribution in [2.75, 3.05) is 31.2 Å². The average molecular weight is 259 g/mol. The molecule has 3 N–H and O–H groups in total. The van der Waals surface area contributed by atoms with Gasteiger partial charge in [-0.15, -0.1) is 0 Å². The van der Waals surface area contributed by atoms with E-state index >= 15 is 0 Å². The Labute approximate surface area is 111 Å². The average Bonchev–Trinajstić information content (AvgIpc) is 2.46. The van der Waals surface area contributed by atoms with Gasteiger partial charge in [0.2, 0.25) is 0 Å². The summed E-state index contributed by atoms with van der Waals surface area (Å²) in [7, 11) is 0. The van der Waals surface area contributed by atoms with Crippen LogP contribution in [-0.4, -0.2) is 42.4 Å². The van der Waals surface area contributed by atoms with Gasteiger partial charge in [-0.05, 0) is 23.6 Å². The van der Waals surface area contributed by atoms with Gasteiger partial charge in [0.25, 0.3) is 0 Å². The number of phenols is 1. The number of rotatable bonds is 2. The first kappa shape index (κ1) is 12.2. The second kappa shape index (κ2) is 5.03. The molecule has 0 bridgehead atoms. The maximum absolute atomic E-state index is 9.68. The Morgan fingerprint density at radius 3 is 3.16 bits per heavy atom. The van der Waals surface area contributed by atoms with Crippen molar-refractivity contribution >= 4 is 16.6 Å². The van der Waals surface area contributed by atoms with E-state index in [1.165, 1.54) is 0 Å². The summed E-state index contributed by atoms with van der Waals surface area (Å²) in [6.45, 7) is 2.58. The van der Waals surface area contributed by atoms with E-state index in [0.717, 1.165) is 23.1 Å². The van der Waals surface area contributed by atoms with Crippen LogP contribution in [-0.2, 0) is 4.74 Å². The van der Waals surface area contributed by atoms with Crippen LogP contribution in [0.5, 0.6) is 5.75 Å². The number of benzene rings is 1. The summed E-state index contributed by atoms with van der Waals surface area (Å²) in [6.07, 6.45) is 1.79. The lowest BCUT2D eigenvalue weighted by Gasteiger charge is -2.36. The molecule has 0 aliphatic carbocycles. The van der Waals surface area contributed by atoms with E-state index in [2.05, 4.69) is 9.88 Å². The van der Waals surface area contributed by atoms with Crippen molar-refractivity contribution in [3.05, 3.63) is 30.5 Å². The minimum Gasteiger partial charge on any atom is -0.508 e. The van der Waals surface area contributed by atoms with Crippen molar-refractivity contribution in [2.45, 2.75) is 6.04 Å². The van der Waals surface area contributed by atoms with Gasteiger partial charge in [-0.3, -0.25) is 0 Å². The lowest BCUT2D eigenvalue weighted by atomic mass is 10.1. The van der Waals surface area contributed by atoms with Crippen molar-refractivity contribution in [2.24, 2.45) is 5.73 Å². The third-order valence-corrected chi connectivity index (χ3v) is 3.50. The number of nitrogens with zero attached hydrogens (tertiary/aromatic N) is 2. The SMILES string of the molecule is NCC1COCCN1c1nccc2ccc(O)cc12. The molecular weight excluding hydrogens is 242 g/mol. The van der Waals surface area contributed by atoms with Crippen LogP contribution in [0.25, 0.3) is 10.8 Å². The van der Waals surface area contributed by atoms with Gasteiger partial charge >= 0.3 is 0 Å². The molecule has 5 nitrogen and oxygen atoms in total. The highest BCUT2D eigenvalue weighted by molar-refractivity contribution is 5.93. The highest BCUT2D eigenvalue weighted by Gasteiger charge is 2.24. The molecule has 1 saturated heterocycles. The molecule has 0 radical (unpaired) electrons. The fraction of sp³-hybridized carbons (Fsp3) is 0.357. The van der Waals surface area contributed by atoms with Gasteiger partial charge < -0.3 is 20.5 Å². The van der Waals surface area contributed by atoms with E-state index in [9.17, 15) is 5.11 Å². The Morgan fingerprint density at radius 2 is 2.32 bits per heavy atom. The summed E-state index contributed by atoms with van der Waals surface area (Å²) in [4.78, 5) is 6.65. The van der Waals surface area contributed by atoms with Gasteiger partial charge in [-0.1, -0.05) is 6.07 Å². The Kier molecular flexibility index (Phi) is 3.23. The number of hydrogen-bond acceptors (Lipinski definition) is 5. The fourth-order valence-corrected chi connectivity index (χ4v) is 2.50. The number of aromatic hydroxyl groups is 1. The number of hydrogen-bond donors (Lipinski definition) is 2. The number of fused-ring (bicyclic) bond motifs is 1. The lowest BCUT2D eigenvalue weighted by molar-refractivity contribution is 0.0960. The number of nitrogens with two attached hydrogens (primary N) is 1. The number of morpholine rings is 1. The van der Waals surface area contributed by atoms with E-state index in [1.807, 2.05) is 12.1 Å². The topological polar surface area (TPSA) is 71.6 Å². The molecule has 0 saturated carbocycles. The normalized spacial score (nSPS) is 19.8. The van der Waals surface area contributed by atoms with Gasteiger partial charge in [0.15, 0.2) is 0 Å². The van der Waals surface area contributed by atoms with Crippen LogP contribution in [0, 0.1) is 0 Å². The molecule has 100 valence electrons. The van der Waals surface area contributed by atoms with Gasteiger partial charge in [-0.2, -0.15) is 0 Å². The van der Waals surface area contributed by atoms with Crippen molar-refractivity contribution < 1.29 is 9.84 Å². The van der Waals surface area contributed by atoms with Gasteiger partial charge in [0.05, 0.1) is 19.3 Å². The molecule has 1 aromatic carbocycles. The van der Waals surface area contributed by atoms with E-state index < -0.39 is 0 Å². The smallest absolute Gasteiger partial charge is 0.136 e. The molecule has 3 rings (SSSR count). The van der Waals surface area contributed by atoms with Gasteiger partial charge in [0, 0.05) is 24.7 Å². The van der Waals surface area contributed by atoms with E-state index in [-0.39, 0.29) is 11.8 Å². The zero-order chi connectivity index (χ0) is 13.2. The summed E-state index contributed by atoms with van der Waals surface area (Å²) in [5.74, 6) is 1.12. The number of phenolic OH excluding ortho intramolecular Hbond substituents is 1. The van der Waals surface area contributed by atoms with Crippen LogP contribution in [0.2, 0.25) is 0 Å². The fourth-order valence-electron chi connectivity index (χ4n) is 2.50. The lowest BCUT2D eigenvalue weighted by Crippen LogP contribution is -2.49. The number of aromatic nitrogens is 1. The predicted molar refractivity (Wildman–Crippen MR) is 74.4 cm³/mol. The van der Waals surface area contributed by atoms with Crippen LogP contribution in [0.1, 0.15) is 0 Å². The molecule has 0 spiro atoms. The Morgan fingerprint density at radius 1 is 1.42 bits per heavy atom. The van der Waals surface area contributed by atoms with E-state index in [1.54, 1.807) is 18.3 Å². The molecule has 19 heavy (non-hydrogen) atoms.